The molecule has 1 rings (SSSR count). The molecule has 2 atom stereocenters. The number of esters is 1. The SMILES string of the molecule is COC(=O)C(C)CS(=O)Cc1cccc(C(N)=O)c1. The first-order chi connectivity index (χ1) is 8.93. The third-order valence-corrected chi connectivity index (χ3v) is 4.11. The van der Waals surface area contributed by atoms with Gasteiger partial charge >= 0.3 is 5.97 Å². The van der Waals surface area contributed by atoms with Crippen molar-refractivity contribution in [3.63, 3.8) is 0 Å². The Labute approximate surface area is 114 Å². The molecule has 1 aromatic carbocycles. The van der Waals surface area contributed by atoms with Gasteiger partial charge in [0.15, 0.2) is 0 Å². The van der Waals surface area contributed by atoms with Crippen molar-refractivity contribution in [2.24, 2.45) is 11.7 Å². The second-order valence-corrected chi connectivity index (χ2v) is 5.74. The Bertz CT molecular complexity index is 501. The van der Waals surface area contributed by atoms with E-state index in [-0.39, 0.29) is 17.5 Å². The number of carbonyl (C=O) groups is 2. The van der Waals surface area contributed by atoms with E-state index in [0.29, 0.717) is 5.56 Å². The predicted molar refractivity (Wildman–Crippen MR) is 72.9 cm³/mol. The summed E-state index contributed by atoms with van der Waals surface area (Å²) in [6, 6.07) is 6.68. The molecule has 5 nitrogen and oxygen atoms in total. The molecule has 0 spiro atoms. The molecule has 0 aliphatic rings. The van der Waals surface area contributed by atoms with Gasteiger partial charge < -0.3 is 10.5 Å². The number of ether oxygens (including phenoxy) is 1. The zero-order valence-electron chi connectivity index (χ0n) is 10.9. The smallest absolute Gasteiger partial charge is 0.309 e. The van der Waals surface area contributed by atoms with Gasteiger partial charge in [-0.2, -0.15) is 0 Å². The number of nitrogens with two attached hydrogens (primary N) is 1. The number of amides is 1. The molecule has 2 N–H and O–H groups in total. The number of benzene rings is 1. The molecule has 0 fully saturated rings. The van der Waals surface area contributed by atoms with Gasteiger partial charge in [-0.05, 0) is 17.7 Å². The normalized spacial score (nSPS) is 13.6. The van der Waals surface area contributed by atoms with Crippen LogP contribution in [0, 0.1) is 5.92 Å². The van der Waals surface area contributed by atoms with Crippen LogP contribution in [0.3, 0.4) is 0 Å². The molecule has 2 unspecified atom stereocenters. The van der Waals surface area contributed by atoms with Crippen molar-refractivity contribution in [1.82, 2.24) is 0 Å². The Morgan fingerprint density at radius 2 is 2.11 bits per heavy atom. The zero-order chi connectivity index (χ0) is 14.4. The highest BCUT2D eigenvalue weighted by Gasteiger charge is 2.16. The summed E-state index contributed by atoms with van der Waals surface area (Å²) < 4.78 is 16.5. The van der Waals surface area contributed by atoms with E-state index in [9.17, 15) is 13.8 Å². The topological polar surface area (TPSA) is 86.5 Å². The molecule has 19 heavy (non-hydrogen) atoms. The van der Waals surface area contributed by atoms with E-state index in [2.05, 4.69) is 4.74 Å². The number of carbonyl (C=O) groups excluding carboxylic acids is 2. The molecular weight excluding hydrogens is 266 g/mol. The summed E-state index contributed by atoms with van der Waals surface area (Å²) in [4.78, 5) is 22.3. The monoisotopic (exact) mass is 283 g/mol. The van der Waals surface area contributed by atoms with Crippen LogP contribution in [0.15, 0.2) is 24.3 Å². The van der Waals surface area contributed by atoms with Crippen molar-refractivity contribution in [2.75, 3.05) is 12.9 Å². The Balaban J connectivity index is 2.64. The van der Waals surface area contributed by atoms with Crippen LogP contribution in [0.1, 0.15) is 22.8 Å². The van der Waals surface area contributed by atoms with Gasteiger partial charge in [0, 0.05) is 27.9 Å². The molecular formula is C13H17NO4S. The minimum atomic E-state index is -1.20. The first-order valence-corrected chi connectivity index (χ1v) is 7.24. The second kappa shape index (κ2) is 7.04. The Morgan fingerprint density at radius 3 is 2.68 bits per heavy atom. The lowest BCUT2D eigenvalue weighted by molar-refractivity contribution is -0.144. The molecule has 0 aromatic heterocycles. The lowest BCUT2D eigenvalue weighted by atomic mass is 10.1. The van der Waals surface area contributed by atoms with Gasteiger partial charge in [-0.25, -0.2) is 0 Å². The van der Waals surface area contributed by atoms with Crippen LogP contribution in [0.25, 0.3) is 0 Å². The average Bonchev–Trinajstić information content (AvgIpc) is 2.37. The average molecular weight is 283 g/mol. The fourth-order valence-corrected chi connectivity index (χ4v) is 2.97. The van der Waals surface area contributed by atoms with E-state index in [1.54, 1.807) is 31.2 Å². The van der Waals surface area contributed by atoms with Gasteiger partial charge in [0.05, 0.1) is 13.0 Å². The van der Waals surface area contributed by atoms with Crippen molar-refractivity contribution in [3.05, 3.63) is 35.4 Å². The van der Waals surface area contributed by atoms with E-state index in [1.165, 1.54) is 7.11 Å². The predicted octanol–water partition coefficient (Wildman–Crippen LogP) is 0.843. The van der Waals surface area contributed by atoms with E-state index in [4.69, 9.17) is 5.73 Å². The minimum absolute atomic E-state index is 0.230. The number of hydrogen-bond acceptors (Lipinski definition) is 4. The van der Waals surface area contributed by atoms with Gasteiger partial charge in [0.25, 0.3) is 0 Å². The summed E-state index contributed by atoms with van der Waals surface area (Å²) in [5.41, 5.74) is 6.32. The van der Waals surface area contributed by atoms with Crippen molar-refractivity contribution >= 4 is 22.7 Å². The van der Waals surface area contributed by atoms with Crippen LogP contribution in [-0.4, -0.2) is 28.9 Å². The summed E-state index contributed by atoms with van der Waals surface area (Å²) in [5, 5.41) is 0. The largest absolute Gasteiger partial charge is 0.469 e. The summed E-state index contributed by atoms with van der Waals surface area (Å²) in [6.07, 6.45) is 0. The molecule has 6 heteroatoms. The van der Waals surface area contributed by atoms with Gasteiger partial charge in [0.2, 0.25) is 5.91 Å². The van der Waals surface area contributed by atoms with Crippen molar-refractivity contribution in [1.29, 1.82) is 0 Å². The third-order valence-electron chi connectivity index (χ3n) is 2.58. The maximum atomic E-state index is 11.9. The highest BCUT2D eigenvalue weighted by atomic mass is 32.2. The molecule has 0 radical (unpaired) electrons. The minimum Gasteiger partial charge on any atom is -0.469 e. The third kappa shape index (κ3) is 4.82. The standard InChI is InChI=1S/C13H17NO4S/c1-9(13(16)18-2)7-19(17)8-10-4-3-5-11(6-10)12(14)15/h3-6,9H,7-8H2,1-2H3,(H2,14,15). The summed E-state index contributed by atoms with van der Waals surface area (Å²) in [5.74, 6) is -0.796. The number of methoxy groups -OCH3 is 1. The van der Waals surface area contributed by atoms with E-state index in [0.717, 1.165) is 5.56 Å². The number of rotatable bonds is 6. The van der Waals surface area contributed by atoms with Crippen LogP contribution in [0.4, 0.5) is 0 Å². The summed E-state index contributed by atoms with van der Waals surface area (Å²) in [6.45, 7) is 1.67. The molecule has 0 aliphatic carbocycles. The van der Waals surface area contributed by atoms with Gasteiger partial charge in [-0.1, -0.05) is 19.1 Å². The fourth-order valence-electron chi connectivity index (χ4n) is 1.61. The number of hydrogen-bond donors (Lipinski definition) is 1. The van der Waals surface area contributed by atoms with Gasteiger partial charge in [-0.15, -0.1) is 0 Å². The maximum absolute atomic E-state index is 11.9. The Kier molecular flexibility index (Phi) is 5.69. The van der Waals surface area contributed by atoms with E-state index in [1.807, 2.05) is 0 Å². The molecule has 104 valence electrons. The van der Waals surface area contributed by atoms with Crippen LogP contribution in [0.2, 0.25) is 0 Å². The first-order valence-electron chi connectivity index (χ1n) is 5.75. The Morgan fingerprint density at radius 1 is 1.42 bits per heavy atom. The quantitative estimate of drug-likeness (QED) is 0.784. The highest BCUT2D eigenvalue weighted by molar-refractivity contribution is 7.84. The molecule has 0 saturated carbocycles. The number of primary amides is 1. The maximum Gasteiger partial charge on any atom is 0.309 e. The zero-order valence-corrected chi connectivity index (χ0v) is 11.7. The molecule has 0 saturated heterocycles. The molecule has 1 amide bonds. The van der Waals surface area contributed by atoms with Gasteiger partial charge in [-0.3, -0.25) is 13.8 Å². The summed E-state index contributed by atoms with van der Waals surface area (Å²) in [7, 11) is 0.106. The van der Waals surface area contributed by atoms with Crippen LogP contribution in [-0.2, 0) is 26.1 Å². The van der Waals surface area contributed by atoms with Crippen LogP contribution in [0.5, 0.6) is 0 Å². The van der Waals surface area contributed by atoms with Crippen molar-refractivity contribution < 1.29 is 18.5 Å². The molecule has 0 aliphatic heterocycles. The highest BCUT2D eigenvalue weighted by Crippen LogP contribution is 2.10. The van der Waals surface area contributed by atoms with Crippen LogP contribution < -0.4 is 5.73 Å². The second-order valence-electron chi connectivity index (χ2n) is 4.24. The Hall–Kier alpha value is -1.69. The molecule has 1 aromatic rings. The van der Waals surface area contributed by atoms with Gasteiger partial charge in [0.1, 0.15) is 0 Å². The van der Waals surface area contributed by atoms with Crippen molar-refractivity contribution in [3.8, 4) is 0 Å². The lowest BCUT2D eigenvalue weighted by Crippen LogP contribution is -2.20. The molecule has 0 bridgehead atoms. The van der Waals surface area contributed by atoms with E-state index >= 15 is 0 Å². The van der Waals surface area contributed by atoms with E-state index < -0.39 is 22.6 Å². The lowest BCUT2D eigenvalue weighted by Gasteiger charge is -2.09. The molecule has 0 heterocycles. The first kappa shape index (κ1) is 15.4. The fraction of sp³-hybridized carbons (Fsp3) is 0.385. The van der Waals surface area contributed by atoms with Crippen LogP contribution >= 0.6 is 0 Å². The van der Waals surface area contributed by atoms with Crippen molar-refractivity contribution in [2.45, 2.75) is 12.7 Å². The summed E-state index contributed by atoms with van der Waals surface area (Å²) >= 11 is 0.